The molecule has 0 fully saturated rings. The highest BCUT2D eigenvalue weighted by molar-refractivity contribution is 7.99. The van der Waals surface area contributed by atoms with Gasteiger partial charge in [0.15, 0.2) is 0 Å². The number of nitrogens with zero attached hydrogens (tertiary/aromatic N) is 2. The van der Waals surface area contributed by atoms with Crippen LogP contribution in [0, 0.1) is 6.92 Å². The highest BCUT2D eigenvalue weighted by Crippen LogP contribution is 2.32. The number of aliphatic carboxylic acids is 1. The van der Waals surface area contributed by atoms with Crippen LogP contribution < -0.4 is 0 Å². The molecule has 0 bridgehead atoms. The van der Waals surface area contributed by atoms with Crippen molar-refractivity contribution in [3.8, 4) is 0 Å². The minimum atomic E-state index is -0.814. The molecular weight excluding hydrogens is 296 g/mol. The Kier molecular flexibility index (Phi) is 4.98. The number of rotatable bonds is 7. The van der Waals surface area contributed by atoms with Crippen molar-refractivity contribution in [2.24, 2.45) is 0 Å². The maximum absolute atomic E-state index is 11.1. The van der Waals surface area contributed by atoms with Gasteiger partial charge in [0.05, 0.1) is 22.8 Å². The monoisotopic (exact) mass is 316 g/mol. The molecule has 0 atom stereocenters. The fourth-order valence-corrected chi connectivity index (χ4v) is 3.59. The van der Waals surface area contributed by atoms with Gasteiger partial charge < -0.3 is 14.4 Å². The van der Waals surface area contributed by atoms with E-state index in [0.717, 1.165) is 27.4 Å². The van der Waals surface area contributed by atoms with Gasteiger partial charge in [-0.1, -0.05) is 31.0 Å². The number of hydrogen-bond acceptors (Lipinski definition) is 3. The van der Waals surface area contributed by atoms with Gasteiger partial charge in [0, 0.05) is 11.9 Å². The smallest absolute Gasteiger partial charge is 0.307 e. The van der Waals surface area contributed by atoms with Crippen LogP contribution in [-0.2, 0) is 11.2 Å². The topological polar surface area (TPSA) is 45.0 Å². The molecular formula is C17H20N2O2S. The molecule has 0 radical (unpaired) electrons. The molecule has 0 unspecified atom stereocenters. The molecule has 116 valence electrons. The molecule has 2 aromatic heterocycles. The lowest BCUT2D eigenvalue weighted by atomic mass is 10.1. The van der Waals surface area contributed by atoms with Crippen LogP contribution in [0.15, 0.2) is 54.5 Å². The van der Waals surface area contributed by atoms with Crippen molar-refractivity contribution in [2.75, 3.05) is 5.88 Å². The van der Waals surface area contributed by atoms with Crippen LogP contribution in [0.3, 0.4) is 0 Å². The van der Waals surface area contributed by atoms with Crippen LogP contribution in [0.1, 0.15) is 18.1 Å². The molecule has 0 amide bonds. The van der Waals surface area contributed by atoms with Gasteiger partial charge in [-0.3, -0.25) is 4.79 Å². The van der Waals surface area contributed by atoms with E-state index in [1.165, 1.54) is 0 Å². The Morgan fingerprint density at radius 2 is 2.23 bits per heavy atom. The van der Waals surface area contributed by atoms with Crippen molar-refractivity contribution in [2.45, 2.75) is 25.3 Å². The molecule has 0 aliphatic rings. The summed E-state index contributed by atoms with van der Waals surface area (Å²) in [7, 11) is 0. The Hall–Kier alpha value is -2.14. The summed E-state index contributed by atoms with van der Waals surface area (Å²) in [5.74, 6) is -0.127. The van der Waals surface area contributed by atoms with Crippen molar-refractivity contribution in [1.82, 2.24) is 9.30 Å². The van der Waals surface area contributed by atoms with Crippen LogP contribution in [-0.4, -0.2) is 26.3 Å². The number of carbonyl (C=O) groups is 1. The van der Waals surface area contributed by atoms with Crippen LogP contribution in [0.5, 0.6) is 0 Å². The minimum Gasteiger partial charge on any atom is -0.481 e. The second-order valence-corrected chi connectivity index (χ2v) is 6.03. The van der Waals surface area contributed by atoms with E-state index in [-0.39, 0.29) is 6.42 Å². The van der Waals surface area contributed by atoms with Gasteiger partial charge in [0.1, 0.15) is 0 Å². The highest BCUT2D eigenvalue weighted by Gasteiger charge is 2.17. The zero-order valence-corrected chi connectivity index (χ0v) is 13.7. The summed E-state index contributed by atoms with van der Waals surface area (Å²) in [6.45, 7) is 11.6. The maximum Gasteiger partial charge on any atom is 0.307 e. The number of carboxylic acid groups (broad SMARTS) is 1. The van der Waals surface area contributed by atoms with Crippen LogP contribution in [0.2, 0.25) is 0 Å². The largest absolute Gasteiger partial charge is 0.481 e. The number of thioether (sulfide) groups is 1. The lowest BCUT2D eigenvalue weighted by molar-refractivity contribution is -0.136. The van der Waals surface area contributed by atoms with E-state index in [1.54, 1.807) is 18.0 Å². The summed E-state index contributed by atoms with van der Waals surface area (Å²) < 4.78 is 2.05. The lowest BCUT2D eigenvalue weighted by Crippen LogP contribution is -2.12. The Labute approximate surface area is 134 Å². The summed E-state index contributed by atoms with van der Waals surface area (Å²) in [6.07, 6.45) is 3.75. The third-order valence-corrected chi connectivity index (χ3v) is 4.72. The van der Waals surface area contributed by atoms with E-state index >= 15 is 0 Å². The number of fused-ring (bicyclic) bond motifs is 1. The van der Waals surface area contributed by atoms with Crippen molar-refractivity contribution in [3.05, 3.63) is 60.6 Å². The zero-order chi connectivity index (χ0) is 16.3. The van der Waals surface area contributed by atoms with E-state index in [2.05, 4.69) is 17.6 Å². The van der Waals surface area contributed by atoms with Gasteiger partial charge in [-0.05, 0) is 43.3 Å². The summed E-state index contributed by atoms with van der Waals surface area (Å²) in [5, 5.41) is 10.2. The molecule has 0 spiro atoms. The number of carboxylic acids is 1. The predicted octanol–water partition coefficient (Wildman–Crippen LogP) is 3.90. The van der Waals surface area contributed by atoms with Crippen LogP contribution >= 0.6 is 11.8 Å². The molecule has 0 aliphatic heterocycles. The lowest BCUT2D eigenvalue weighted by Gasteiger charge is -2.19. The Balaban J connectivity index is 2.41. The van der Waals surface area contributed by atoms with E-state index in [9.17, 15) is 4.79 Å². The van der Waals surface area contributed by atoms with Crippen molar-refractivity contribution in [3.63, 3.8) is 0 Å². The van der Waals surface area contributed by atoms with Crippen molar-refractivity contribution in [1.29, 1.82) is 0 Å². The first-order chi connectivity index (χ1) is 10.5. The first-order valence-corrected chi connectivity index (χ1v) is 7.92. The van der Waals surface area contributed by atoms with Crippen molar-refractivity contribution >= 4 is 23.2 Å². The summed E-state index contributed by atoms with van der Waals surface area (Å²) >= 11 is 1.65. The molecule has 4 nitrogen and oxygen atoms in total. The van der Waals surface area contributed by atoms with Gasteiger partial charge >= 0.3 is 5.97 Å². The van der Waals surface area contributed by atoms with Gasteiger partial charge in [-0.25, -0.2) is 0 Å². The molecule has 5 heteroatoms. The Morgan fingerprint density at radius 3 is 2.82 bits per heavy atom. The minimum absolute atomic E-state index is 0.0333. The standard InChI is InChI=1S/C17H20N2O2S/c1-5-18(12(2)3)11-22-17-13(4)14(10-16(20)21)15-8-6-7-9-19(15)17/h5-9H,1-2,10-11H2,3-4H3,(H,20,21). The Bertz CT molecular complexity index is 734. The van der Waals surface area contributed by atoms with Gasteiger partial charge in [0.25, 0.3) is 0 Å². The third-order valence-electron chi connectivity index (χ3n) is 3.54. The average Bonchev–Trinajstić information content (AvgIpc) is 2.72. The summed E-state index contributed by atoms with van der Waals surface area (Å²) in [4.78, 5) is 13.1. The number of pyridine rings is 1. The number of aromatic nitrogens is 1. The maximum atomic E-state index is 11.1. The first-order valence-electron chi connectivity index (χ1n) is 6.93. The molecule has 2 rings (SSSR count). The molecule has 0 aliphatic carbocycles. The SMILES string of the molecule is C=CN(CSc1c(C)c(CC(=O)O)c2ccccn12)C(=C)C. The second kappa shape index (κ2) is 6.75. The van der Waals surface area contributed by atoms with Crippen LogP contribution in [0.25, 0.3) is 5.52 Å². The normalized spacial score (nSPS) is 10.6. The van der Waals surface area contributed by atoms with E-state index < -0.39 is 5.97 Å². The summed E-state index contributed by atoms with van der Waals surface area (Å²) in [6, 6.07) is 5.84. The number of allylic oxidation sites excluding steroid dienone is 1. The predicted molar refractivity (Wildman–Crippen MR) is 91.0 cm³/mol. The Morgan fingerprint density at radius 1 is 1.50 bits per heavy atom. The molecule has 22 heavy (non-hydrogen) atoms. The van der Waals surface area contributed by atoms with Gasteiger partial charge in [-0.2, -0.15) is 0 Å². The average molecular weight is 316 g/mol. The van der Waals surface area contributed by atoms with Gasteiger partial charge in [-0.15, -0.1) is 0 Å². The van der Waals surface area contributed by atoms with E-state index in [1.807, 2.05) is 43.1 Å². The molecule has 0 aromatic carbocycles. The van der Waals surface area contributed by atoms with Gasteiger partial charge in [0.2, 0.25) is 0 Å². The van der Waals surface area contributed by atoms with E-state index in [4.69, 9.17) is 5.11 Å². The molecule has 2 heterocycles. The fourth-order valence-electron chi connectivity index (χ4n) is 2.37. The van der Waals surface area contributed by atoms with E-state index in [0.29, 0.717) is 5.88 Å². The molecule has 2 aromatic rings. The quantitative estimate of drug-likeness (QED) is 0.621. The zero-order valence-electron chi connectivity index (χ0n) is 12.9. The summed E-state index contributed by atoms with van der Waals surface area (Å²) in [5.41, 5.74) is 3.76. The third kappa shape index (κ3) is 3.20. The second-order valence-electron chi connectivity index (χ2n) is 5.10. The van der Waals surface area contributed by atoms with Crippen molar-refractivity contribution < 1.29 is 9.90 Å². The molecule has 0 saturated heterocycles. The highest BCUT2D eigenvalue weighted by atomic mass is 32.2. The fraction of sp³-hybridized carbons (Fsp3) is 0.235. The van der Waals surface area contributed by atoms with Crippen LogP contribution in [0.4, 0.5) is 0 Å². The number of hydrogen-bond donors (Lipinski definition) is 1. The first kappa shape index (κ1) is 16.2. The molecule has 1 N–H and O–H groups in total. The molecule has 0 saturated carbocycles.